The van der Waals surface area contributed by atoms with Crippen molar-refractivity contribution in [3.05, 3.63) is 28.5 Å². The molecule has 0 aliphatic heterocycles. The molecule has 1 aromatic carbocycles. The average Bonchev–Trinajstić information content (AvgIpc) is 2.21. The second-order valence-electron chi connectivity index (χ2n) is 3.34. The average molecular weight is 223 g/mol. The van der Waals surface area contributed by atoms with Gasteiger partial charge in [0.25, 0.3) is 0 Å². The molecule has 3 nitrogen and oxygen atoms in total. The van der Waals surface area contributed by atoms with Gasteiger partial charge >= 0.3 is 0 Å². The zero-order valence-electron chi connectivity index (χ0n) is 8.84. The first-order chi connectivity index (χ1) is 7.13. The SMILES string of the molecule is COc1c(Cl)ccc2nc(C)c(C)nc12. The van der Waals surface area contributed by atoms with Crippen LogP contribution in [0.1, 0.15) is 11.4 Å². The predicted molar refractivity (Wildman–Crippen MR) is 60.6 cm³/mol. The van der Waals surface area contributed by atoms with Crippen LogP contribution in [0, 0.1) is 13.8 Å². The standard InChI is InChI=1S/C11H11ClN2O/c1-6-7(2)14-10-9(13-6)5-4-8(12)11(10)15-3/h4-5H,1-3H3. The Balaban J connectivity index is 2.86. The maximum atomic E-state index is 6.00. The molecular formula is C11H11ClN2O. The first-order valence-electron chi connectivity index (χ1n) is 4.61. The van der Waals surface area contributed by atoms with Crippen molar-refractivity contribution in [3.63, 3.8) is 0 Å². The molecule has 0 fully saturated rings. The first kappa shape index (κ1) is 10.2. The van der Waals surface area contributed by atoms with Crippen LogP contribution in [-0.4, -0.2) is 17.1 Å². The van der Waals surface area contributed by atoms with E-state index in [4.69, 9.17) is 16.3 Å². The van der Waals surface area contributed by atoms with Crippen LogP contribution in [0.25, 0.3) is 11.0 Å². The molecule has 0 spiro atoms. The summed E-state index contributed by atoms with van der Waals surface area (Å²) in [6.45, 7) is 3.85. The summed E-state index contributed by atoms with van der Waals surface area (Å²) in [4.78, 5) is 8.86. The number of aryl methyl sites for hydroxylation is 2. The summed E-state index contributed by atoms with van der Waals surface area (Å²) in [5, 5.41) is 0.558. The van der Waals surface area contributed by atoms with Crippen LogP contribution in [0.5, 0.6) is 5.75 Å². The van der Waals surface area contributed by atoms with E-state index in [-0.39, 0.29) is 0 Å². The van der Waals surface area contributed by atoms with Gasteiger partial charge in [-0.15, -0.1) is 0 Å². The number of nitrogens with zero attached hydrogens (tertiary/aromatic N) is 2. The summed E-state index contributed by atoms with van der Waals surface area (Å²) >= 11 is 6.00. The number of hydrogen-bond acceptors (Lipinski definition) is 3. The summed E-state index contributed by atoms with van der Waals surface area (Å²) in [6.07, 6.45) is 0. The van der Waals surface area contributed by atoms with Crippen LogP contribution in [0.3, 0.4) is 0 Å². The molecule has 0 aliphatic carbocycles. The fourth-order valence-electron chi connectivity index (χ4n) is 1.44. The van der Waals surface area contributed by atoms with Crippen molar-refractivity contribution in [1.29, 1.82) is 0 Å². The monoisotopic (exact) mass is 222 g/mol. The highest BCUT2D eigenvalue weighted by Crippen LogP contribution is 2.31. The van der Waals surface area contributed by atoms with Crippen molar-refractivity contribution >= 4 is 22.6 Å². The van der Waals surface area contributed by atoms with E-state index in [9.17, 15) is 0 Å². The van der Waals surface area contributed by atoms with E-state index in [0.717, 1.165) is 16.9 Å². The number of ether oxygens (including phenoxy) is 1. The van der Waals surface area contributed by atoms with Crippen LogP contribution < -0.4 is 4.74 Å². The lowest BCUT2D eigenvalue weighted by Crippen LogP contribution is -1.96. The molecular weight excluding hydrogens is 212 g/mol. The van der Waals surface area contributed by atoms with Crippen LogP contribution in [0.15, 0.2) is 12.1 Å². The second kappa shape index (κ2) is 3.66. The van der Waals surface area contributed by atoms with Gasteiger partial charge in [-0.05, 0) is 26.0 Å². The molecule has 0 radical (unpaired) electrons. The molecule has 15 heavy (non-hydrogen) atoms. The van der Waals surface area contributed by atoms with Gasteiger partial charge in [-0.1, -0.05) is 11.6 Å². The Hall–Kier alpha value is -1.35. The molecule has 0 saturated carbocycles. The summed E-state index contributed by atoms with van der Waals surface area (Å²) in [6, 6.07) is 3.62. The highest BCUT2D eigenvalue weighted by Gasteiger charge is 2.10. The van der Waals surface area contributed by atoms with Crippen LogP contribution in [0.2, 0.25) is 5.02 Å². The Labute approximate surface area is 93.1 Å². The predicted octanol–water partition coefficient (Wildman–Crippen LogP) is 2.91. The lowest BCUT2D eigenvalue weighted by atomic mass is 10.2. The molecule has 0 amide bonds. The maximum Gasteiger partial charge on any atom is 0.165 e. The van der Waals surface area contributed by atoms with Crippen molar-refractivity contribution < 1.29 is 4.74 Å². The van der Waals surface area contributed by atoms with E-state index in [1.165, 1.54) is 0 Å². The number of benzene rings is 1. The summed E-state index contributed by atoms with van der Waals surface area (Å²) in [5.74, 6) is 0.588. The van der Waals surface area contributed by atoms with Crippen LogP contribution in [0.4, 0.5) is 0 Å². The zero-order chi connectivity index (χ0) is 11.0. The Morgan fingerprint density at radius 2 is 1.80 bits per heavy atom. The summed E-state index contributed by atoms with van der Waals surface area (Å²) < 4.78 is 5.22. The number of rotatable bonds is 1. The molecule has 0 bridgehead atoms. The van der Waals surface area contributed by atoms with Gasteiger partial charge in [0.05, 0.1) is 29.0 Å². The number of methoxy groups -OCH3 is 1. The third kappa shape index (κ3) is 1.63. The molecule has 2 aromatic rings. The van der Waals surface area contributed by atoms with E-state index in [1.807, 2.05) is 19.9 Å². The van der Waals surface area contributed by atoms with Crippen molar-refractivity contribution in [2.24, 2.45) is 0 Å². The van der Waals surface area contributed by atoms with Gasteiger partial charge in [0.15, 0.2) is 5.75 Å². The van der Waals surface area contributed by atoms with Gasteiger partial charge in [0, 0.05) is 0 Å². The Morgan fingerprint density at radius 1 is 1.13 bits per heavy atom. The van der Waals surface area contributed by atoms with E-state index in [1.54, 1.807) is 13.2 Å². The van der Waals surface area contributed by atoms with Crippen molar-refractivity contribution in [2.75, 3.05) is 7.11 Å². The molecule has 0 N–H and O–H groups in total. The topological polar surface area (TPSA) is 35.0 Å². The number of halogens is 1. The van der Waals surface area contributed by atoms with Gasteiger partial charge in [-0.25, -0.2) is 9.97 Å². The van der Waals surface area contributed by atoms with E-state index < -0.39 is 0 Å². The smallest absolute Gasteiger partial charge is 0.165 e. The van der Waals surface area contributed by atoms with Crippen molar-refractivity contribution in [2.45, 2.75) is 13.8 Å². The highest BCUT2D eigenvalue weighted by atomic mass is 35.5. The van der Waals surface area contributed by atoms with Crippen molar-refractivity contribution in [3.8, 4) is 5.75 Å². The molecule has 1 aromatic heterocycles. The second-order valence-corrected chi connectivity index (χ2v) is 3.75. The quantitative estimate of drug-likeness (QED) is 0.744. The van der Waals surface area contributed by atoms with Gasteiger partial charge < -0.3 is 4.74 Å². The number of aromatic nitrogens is 2. The summed E-state index contributed by atoms with van der Waals surface area (Å²) in [7, 11) is 1.58. The van der Waals surface area contributed by atoms with E-state index in [2.05, 4.69) is 9.97 Å². The maximum absolute atomic E-state index is 6.00. The van der Waals surface area contributed by atoms with Crippen LogP contribution >= 0.6 is 11.6 Å². The van der Waals surface area contributed by atoms with Gasteiger partial charge in [0.1, 0.15) is 5.52 Å². The molecule has 2 rings (SSSR count). The molecule has 4 heteroatoms. The molecule has 0 aliphatic rings. The lowest BCUT2D eigenvalue weighted by molar-refractivity contribution is 0.419. The van der Waals surface area contributed by atoms with E-state index in [0.29, 0.717) is 16.3 Å². The first-order valence-corrected chi connectivity index (χ1v) is 4.98. The normalized spacial score (nSPS) is 10.7. The molecule has 0 unspecified atom stereocenters. The van der Waals surface area contributed by atoms with Gasteiger partial charge in [-0.2, -0.15) is 0 Å². The van der Waals surface area contributed by atoms with Gasteiger partial charge in [-0.3, -0.25) is 0 Å². The fourth-order valence-corrected chi connectivity index (χ4v) is 1.67. The molecule has 0 atom stereocenters. The molecule has 78 valence electrons. The Kier molecular flexibility index (Phi) is 2.49. The highest BCUT2D eigenvalue weighted by molar-refractivity contribution is 6.33. The minimum atomic E-state index is 0.558. The molecule has 1 heterocycles. The van der Waals surface area contributed by atoms with E-state index >= 15 is 0 Å². The van der Waals surface area contributed by atoms with Crippen molar-refractivity contribution in [1.82, 2.24) is 9.97 Å². The Morgan fingerprint density at radius 3 is 2.47 bits per heavy atom. The molecule has 0 saturated heterocycles. The van der Waals surface area contributed by atoms with Crippen LogP contribution in [-0.2, 0) is 0 Å². The summed E-state index contributed by atoms with van der Waals surface area (Å²) in [5.41, 5.74) is 3.34. The third-order valence-electron chi connectivity index (χ3n) is 2.36. The largest absolute Gasteiger partial charge is 0.493 e. The minimum Gasteiger partial charge on any atom is -0.493 e. The number of hydrogen-bond donors (Lipinski definition) is 0. The lowest BCUT2D eigenvalue weighted by Gasteiger charge is -2.08. The zero-order valence-corrected chi connectivity index (χ0v) is 9.59. The van der Waals surface area contributed by atoms with Gasteiger partial charge in [0.2, 0.25) is 0 Å². The number of fused-ring (bicyclic) bond motifs is 1. The minimum absolute atomic E-state index is 0.558. The Bertz CT molecular complexity index is 525. The third-order valence-corrected chi connectivity index (χ3v) is 2.66. The fraction of sp³-hybridized carbons (Fsp3) is 0.273.